The molecule has 0 aliphatic carbocycles. The zero-order chi connectivity index (χ0) is 17.4. The van der Waals surface area contributed by atoms with Crippen LogP contribution in [0, 0.1) is 5.92 Å². The van der Waals surface area contributed by atoms with E-state index in [1.165, 1.54) is 0 Å². The van der Waals surface area contributed by atoms with Crippen LogP contribution in [0.2, 0.25) is 0 Å². The number of nitrogens with one attached hydrogen (secondary N) is 1. The van der Waals surface area contributed by atoms with Crippen LogP contribution in [-0.4, -0.2) is 37.6 Å². The minimum atomic E-state index is -0.453. The molecule has 1 aromatic rings. The lowest BCUT2D eigenvalue weighted by Gasteiger charge is -2.27. The molecule has 6 heteroatoms. The van der Waals surface area contributed by atoms with Gasteiger partial charge in [0.25, 0.3) is 5.91 Å². The van der Waals surface area contributed by atoms with Crippen molar-refractivity contribution in [1.29, 1.82) is 0 Å². The SMILES string of the molecule is COCCNC(=O)C1=C[C@@H](C)C[C@@H](OCc2ccc(CO)cc2)O1. The maximum Gasteiger partial charge on any atom is 0.286 e. The molecular formula is C18H25NO5. The lowest BCUT2D eigenvalue weighted by Crippen LogP contribution is -2.34. The van der Waals surface area contributed by atoms with Crippen LogP contribution in [0.4, 0.5) is 0 Å². The summed E-state index contributed by atoms with van der Waals surface area (Å²) < 4.78 is 16.4. The second-order valence-corrected chi connectivity index (χ2v) is 5.83. The molecule has 0 spiro atoms. The van der Waals surface area contributed by atoms with Crippen LogP contribution in [-0.2, 0) is 32.2 Å². The molecule has 2 rings (SSSR count). The topological polar surface area (TPSA) is 77.0 Å². The monoisotopic (exact) mass is 335 g/mol. The molecule has 1 aliphatic heterocycles. The van der Waals surface area contributed by atoms with Crippen LogP contribution in [0.5, 0.6) is 0 Å². The van der Waals surface area contributed by atoms with E-state index in [2.05, 4.69) is 5.32 Å². The van der Waals surface area contributed by atoms with E-state index in [-0.39, 0.29) is 18.4 Å². The summed E-state index contributed by atoms with van der Waals surface area (Å²) in [5, 5.41) is 11.8. The molecular weight excluding hydrogens is 310 g/mol. The van der Waals surface area contributed by atoms with E-state index in [1.807, 2.05) is 37.3 Å². The Labute approximate surface area is 142 Å². The number of ether oxygens (including phenoxy) is 3. The molecule has 1 aromatic carbocycles. The minimum Gasteiger partial charge on any atom is -0.459 e. The fourth-order valence-electron chi connectivity index (χ4n) is 2.37. The predicted octanol–water partition coefficient (Wildman–Crippen LogP) is 1.72. The highest BCUT2D eigenvalue weighted by molar-refractivity contribution is 5.91. The summed E-state index contributed by atoms with van der Waals surface area (Å²) in [4.78, 5) is 12.1. The minimum absolute atomic E-state index is 0.0245. The highest BCUT2D eigenvalue weighted by atomic mass is 16.7. The average Bonchev–Trinajstić information content (AvgIpc) is 2.60. The molecule has 24 heavy (non-hydrogen) atoms. The number of rotatable bonds is 8. The van der Waals surface area contributed by atoms with Crippen LogP contribution in [0.3, 0.4) is 0 Å². The predicted molar refractivity (Wildman–Crippen MR) is 88.8 cm³/mol. The Balaban J connectivity index is 1.85. The molecule has 0 radical (unpaired) electrons. The Hall–Kier alpha value is -1.89. The fraction of sp³-hybridized carbons (Fsp3) is 0.500. The first-order chi connectivity index (χ1) is 11.6. The van der Waals surface area contributed by atoms with E-state index >= 15 is 0 Å². The summed E-state index contributed by atoms with van der Waals surface area (Å²) >= 11 is 0. The first kappa shape index (κ1) is 18.4. The molecule has 2 atom stereocenters. The third-order valence-electron chi connectivity index (χ3n) is 3.72. The molecule has 1 heterocycles. The number of aliphatic hydroxyl groups excluding tert-OH is 1. The first-order valence-electron chi connectivity index (χ1n) is 8.08. The van der Waals surface area contributed by atoms with Crippen molar-refractivity contribution < 1.29 is 24.1 Å². The molecule has 0 saturated carbocycles. The van der Waals surface area contributed by atoms with Gasteiger partial charge in [-0.3, -0.25) is 4.79 Å². The van der Waals surface area contributed by atoms with E-state index < -0.39 is 6.29 Å². The van der Waals surface area contributed by atoms with Crippen molar-refractivity contribution in [2.45, 2.75) is 32.8 Å². The number of carbonyl (C=O) groups excluding carboxylic acids is 1. The van der Waals surface area contributed by atoms with Gasteiger partial charge in [-0.25, -0.2) is 0 Å². The van der Waals surface area contributed by atoms with Crippen molar-refractivity contribution in [2.24, 2.45) is 5.92 Å². The van der Waals surface area contributed by atoms with Crippen molar-refractivity contribution in [2.75, 3.05) is 20.3 Å². The first-order valence-corrected chi connectivity index (χ1v) is 8.08. The zero-order valence-corrected chi connectivity index (χ0v) is 14.2. The Kier molecular flexibility index (Phi) is 7.24. The Morgan fingerprint density at radius 1 is 1.33 bits per heavy atom. The van der Waals surface area contributed by atoms with E-state index in [4.69, 9.17) is 19.3 Å². The van der Waals surface area contributed by atoms with Crippen LogP contribution in [0.1, 0.15) is 24.5 Å². The standard InChI is InChI=1S/C18H25NO5/c1-13-9-16(18(21)19-7-8-22-2)24-17(10-13)23-12-15-5-3-14(11-20)4-6-15/h3-6,9,13,17,20H,7-8,10-12H2,1-2H3,(H,19,21)/t13-,17+/m1/s1. The largest absolute Gasteiger partial charge is 0.459 e. The van der Waals surface area contributed by atoms with E-state index in [0.29, 0.717) is 31.9 Å². The summed E-state index contributed by atoms with van der Waals surface area (Å²) in [7, 11) is 1.58. The van der Waals surface area contributed by atoms with Crippen LogP contribution in [0.25, 0.3) is 0 Å². The normalized spacial score (nSPS) is 20.2. The molecule has 0 bridgehead atoms. The van der Waals surface area contributed by atoms with Gasteiger partial charge in [0.1, 0.15) is 0 Å². The van der Waals surface area contributed by atoms with Gasteiger partial charge in [0.2, 0.25) is 6.29 Å². The summed E-state index contributed by atoms with van der Waals surface area (Å²) in [6.07, 6.45) is 2.06. The quantitative estimate of drug-likeness (QED) is 0.708. The summed E-state index contributed by atoms with van der Waals surface area (Å²) in [5.41, 5.74) is 1.85. The number of methoxy groups -OCH3 is 1. The third-order valence-corrected chi connectivity index (χ3v) is 3.72. The zero-order valence-electron chi connectivity index (χ0n) is 14.2. The lowest BCUT2D eigenvalue weighted by molar-refractivity contribution is -0.152. The van der Waals surface area contributed by atoms with E-state index in [9.17, 15) is 4.79 Å². The number of allylic oxidation sites excluding steroid dienone is 1. The van der Waals surface area contributed by atoms with Crippen LogP contribution in [0.15, 0.2) is 36.1 Å². The molecule has 1 amide bonds. The van der Waals surface area contributed by atoms with Gasteiger partial charge in [-0.1, -0.05) is 31.2 Å². The number of carbonyl (C=O) groups is 1. The van der Waals surface area contributed by atoms with Crippen molar-refractivity contribution >= 4 is 5.91 Å². The molecule has 1 aliphatic rings. The Morgan fingerprint density at radius 2 is 2.04 bits per heavy atom. The van der Waals surface area contributed by atoms with Gasteiger partial charge in [-0.2, -0.15) is 0 Å². The molecule has 2 N–H and O–H groups in total. The second-order valence-electron chi connectivity index (χ2n) is 5.83. The second kappa shape index (κ2) is 9.42. The van der Waals surface area contributed by atoms with Gasteiger partial charge in [0, 0.05) is 20.1 Å². The average molecular weight is 335 g/mol. The maximum absolute atomic E-state index is 12.1. The highest BCUT2D eigenvalue weighted by Crippen LogP contribution is 2.23. The van der Waals surface area contributed by atoms with Gasteiger partial charge in [-0.15, -0.1) is 0 Å². The number of aliphatic hydroxyl groups is 1. The molecule has 0 unspecified atom stereocenters. The smallest absolute Gasteiger partial charge is 0.286 e. The van der Waals surface area contributed by atoms with Gasteiger partial charge < -0.3 is 24.6 Å². The number of hydrogen-bond donors (Lipinski definition) is 2. The summed E-state index contributed by atoms with van der Waals surface area (Å²) in [6.45, 7) is 3.33. The summed E-state index contributed by atoms with van der Waals surface area (Å²) in [5.74, 6) is 0.244. The maximum atomic E-state index is 12.1. The van der Waals surface area contributed by atoms with E-state index in [1.54, 1.807) is 7.11 Å². The van der Waals surface area contributed by atoms with Crippen molar-refractivity contribution in [3.63, 3.8) is 0 Å². The number of hydrogen-bond acceptors (Lipinski definition) is 5. The highest BCUT2D eigenvalue weighted by Gasteiger charge is 2.25. The summed E-state index contributed by atoms with van der Waals surface area (Å²) in [6, 6.07) is 7.54. The third kappa shape index (κ3) is 5.63. The van der Waals surface area contributed by atoms with Gasteiger partial charge >= 0.3 is 0 Å². The van der Waals surface area contributed by atoms with Crippen molar-refractivity contribution in [3.05, 3.63) is 47.2 Å². The number of benzene rings is 1. The molecule has 0 aromatic heterocycles. The van der Waals surface area contributed by atoms with Gasteiger partial charge in [0.15, 0.2) is 5.76 Å². The number of amides is 1. The van der Waals surface area contributed by atoms with Gasteiger partial charge in [-0.05, 0) is 23.1 Å². The Bertz CT molecular complexity index is 555. The Morgan fingerprint density at radius 3 is 2.71 bits per heavy atom. The fourth-order valence-corrected chi connectivity index (χ4v) is 2.37. The van der Waals surface area contributed by atoms with Crippen molar-refractivity contribution in [1.82, 2.24) is 5.32 Å². The molecule has 0 saturated heterocycles. The lowest BCUT2D eigenvalue weighted by atomic mass is 10.0. The van der Waals surface area contributed by atoms with Crippen LogP contribution < -0.4 is 5.32 Å². The van der Waals surface area contributed by atoms with E-state index in [0.717, 1.165) is 11.1 Å². The van der Waals surface area contributed by atoms with Gasteiger partial charge in [0.05, 0.1) is 19.8 Å². The van der Waals surface area contributed by atoms with Crippen molar-refractivity contribution in [3.8, 4) is 0 Å². The molecule has 132 valence electrons. The molecule has 6 nitrogen and oxygen atoms in total. The molecule has 0 fully saturated rings. The van der Waals surface area contributed by atoms with Crippen LogP contribution >= 0.6 is 0 Å².